The van der Waals surface area contributed by atoms with Gasteiger partial charge in [-0.2, -0.15) is 36.0 Å². The molecule has 4 aromatic rings. The predicted octanol–water partition coefficient (Wildman–Crippen LogP) is 5.41. The number of aryl methyl sites for hydroxylation is 2. The van der Waals surface area contributed by atoms with E-state index in [-0.39, 0.29) is 33.7 Å². The smallest absolute Gasteiger partial charge is 0.345 e. The monoisotopic (exact) mass is 452 g/mol. The standard InChI is InChI=1S/C21H14F6N4O/c1-10-8-29-18-16(11(2)30-31(18)19(10)32)15-7-14(21(25,26)27)9-28-17(15)12-3-5-13(6-4-12)20(22,23)24/h3-9,29H,1-2H3. The van der Waals surface area contributed by atoms with Crippen molar-refractivity contribution in [2.75, 3.05) is 0 Å². The zero-order valence-corrected chi connectivity index (χ0v) is 16.6. The fourth-order valence-electron chi connectivity index (χ4n) is 3.39. The second-order valence-electron chi connectivity index (χ2n) is 7.19. The van der Waals surface area contributed by atoms with Crippen molar-refractivity contribution in [1.29, 1.82) is 0 Å². The summed E-state index contributed by atoms with van der Waals surface area (Å²) in [5, 5.41) is 4.14. The number of benzene rings is 1. The average molecular weight is 452 g/mol. The van der Waals surface area contributed by atoms with Crippen LogP contribution in [0.5, 0.6) is 0 Å². The lowest BCUT2D eigenvalue weighted by molar-refractivity contribution is -0.138. The zero-order chi connectivity index (χ0) is 23.4. The van der Waals surface area contributed by atoms with Crippen molar-refractivity contribution < 1.29 is 26.3 Å². The number of hydrogen-bond acceptors (Lipinski definition) is 3. The van der Waals surface area contributed by atoms with Gasteiger partial charge in [0.25, 0.3) is 5.56 Å². The fourth-order valence-corrected chi connectivity index (χ4v) is 3.39. The molecule has 0 radical (unpaired) electrons. The highest BCUT2D eigenvalue weighted by Crippen LogP contribution is 2.39. The summed E-state index contributed by atoms with van der Waals surface area (Å²) in [5.74, 6) is 0. The van der Waals surface area contributed by atoms with Crippen LogP contribution in [-0.2, 0) is 12.4 Å². The van der Waals surface area contributed by atoms with Crippen molar-refractivity contribution in [2.24, 2.45) is 0 Å². The van der Waals surface area contributed by atoms with Crippen molar-refractivity contribution in [2.45, 2.75) is 26.2 Å². The summed E-state index contributed by atoms with van der Waals surface area (Å²) in [6.45, 7) is 3.07. The highest BCUT2D eigenvalue weighted by molar-refractivity contribution is 5.89. The Bertz CT molecular complexity index is 1380. The van der Waals surface area contributed by atoms with Crippen molar-refractivity contribution in [3.8, 4) is 22.4 Å². The van der Waals surface area contributed by atoms with Gasteiger partial charge in [-0.25, -0.2) is 0 Å². The van der Waals surface area contributed by atoms with Crippen LogP contribution in [-0.4, -0.2) is 19.6 Å². The number of pyridine rings is 1. The summed E-state index contributed by atoms with van der Waals surface area (Å²) in [6.07, 6.45) is -7.25. The number of alkyl halides is 6. The Morgan fingerprint density at radius 3 is 2.16 bits per heavy atom. The maximum Gasteiger partial charge on any atom is 0.417 e. The lowest BCUT2D eigenvalue weighted by atomic mass is 9.97. The van der Waals surface area contributed by atoms with E-state index >= 15 is 0 Å². The van der Waals surface area contributed by atoms with Crippen molar-refractivity contribution >= 4 is 5.65 Å². The molecule has 0 unspecified atom stereocenters. The first-order chi connectivity index (χ1) is 14.9. The molecule has 1 N–H and O–H groups in total. The first-order valence-corrected chi connectivity index (χ1v) is 9.21. The summed E-state index contributed by atoms with van der Waals surface area (Å²) in [7, 11) is 0. The van der Waals surface area contributed by atoms with Crippen molar-refractivity contribution in [3.63, 3.8) is 0 Å². The zero-order valence-electron chi connectivity index (χ0n) is 16.6. The van der Waals surface area contributed by atoms with Gasteiger partial charge in [-0.05, 0) is 32.0 Å². The average Bonchev–Trinajstić information content (AvgIpc) is 3.05. The molecular weight excluding hydrogens is 438 g/mol. The Morgan fingerprint density at radius 2 is 1.56 bits per heavy atom. The third kappa shape index (κ3) is 3.63. The molecule has 0 saturated carbocycles. The molecule has 5 nitrogen and oxygen atoms in total. The Hall–Kier alpha value is -3.63. The second-order valence-corrected chi connectivity index (χ2v) is 7.19. The van der Waals surface area contributed by atoms with E-state index in [1.54, 1.807) is 6.92 Å². The summed E-state index contributed by atoms with van der Waals surface area (Å²) < 4.78 is 80.0. The molecule has 0 saturated heterocycles. The van der Waals surface area contributed by atoms with E-state index < -0.39 is 29.0 Å². The van der Waals surface area contributed by atoms with Gasteiger partial charge in [0.1, 0.15) is 5.65 Å². The van der Waals surface area contributed by atoms with Crippen molar-refractivity contribution in [3.05, 3.63) is 75.5 Å². The van der Waals surface area contributed by atoms with E-state index in [9.17, 15) is 31.1 Å². The SMILES string of the molecule is Cc1nn2c(=O)c(C)c[nH]c2c1-c1cc(C(F)(F)F)cnc1-c1ccc(C(F)(F)F)cc1. The van der Waals surface area contributed by atoms with Gasteiger partial charge in [-0.15, -0.1) is 0 Å². The maximum absolute atomic E-state index is 13.4. The molecule has 11 heteroatoms. The Labute approximate surface area is 176 Å². The van der Waals surface area contributed by atoms with Gasteiger partial charge in [0.05, 0.1) is 22.5 Å². The van der Waals surface area contributed by atoms with Crippen LogP contribution in [0.25, 0.3) is 28.0 Å². The van der Waals surface area contributed by atoms with E-state index in [0.29, 0.717) is 11.8 Å². The second kappa shape index (κ2) is 7.21. The molecule has 0 aliphatic rings. The van der Waals surface area contributed by atoms with Gasteiger partial charge >= 0.3 is 12.4 Å². The van der Waals surface area contributed by atoms with Gasteiger partial charge in [0.15, 0.2) is 0 Å². The van der Waals surface area contributed by atoms with Crippen LogP contribution >= 0.6 is 0 Å². The van der Waals surface area contributed by atoms with E-state index in [1.807, 2.05) is 0 Å². The number of fused-ring (bicyclic) bond motifs is 1. The summed E-state index contributed by atoms with van der Waals surface area (Å²) in [4.78, 5) is 19.2. The predicted molar refractivity (Wildman–Crippen MR) is 104 cm³/mol. The van der Waals surface area contributed by atoms with Gasteiger partial charge in [-0.3, -0.25) is 9.78 Å². The van der Waals surface area contributed by atoms with Gasteiger partial charge in [-0.1, -0.05) is 12.1 Å². The number of aromatic amines is 1. The largest absolute Gasteiger partial charge is 0.417 e. The molecule has 166 valence electrons. The number of rotatable bonds is 2. The number of H-pyrrole nitrogens is 1. The van der Waals surface area contributed by atoms with E-state index in [0.717, 1.165) is 34.8 Å². The van der Waals surface area contributed by atoms with Crippen LogP contribution in [0.4, 0.5) is 26.3 Å². The van der Waals surface area contributed by atoms with E-state index in [1.165, 1.54) is 13.1 Å². The maximum atomic E-state index is 13.4. The highest BCUT2D eigenvalue weighted by atomic mass is 19.4. The first-order valence-electron chi connectivity index (χ1n) is 9.21. The molecule has 0 spiro atoms. The van der Waals surface area contributed by atoms with Crippen LogP contribution in [0.1, 0.15) is 22.4 Å². The normalized spacial score (nSPS) is 12.5. The third-order valence-corrected chi connectivity index (χ3v) is 4.99. The Balaban J connectivity index is 2.01. The lowest BCUT2D eigenvalue weighted by Gasteiger charge is -2.14. The summed E-state index contributed by atoms with van der Waals surface area (Å²) in [5.41, 5.74) is -1.30. The van der Waals surface area contributed by atoms with Gasteiger partial charge in [0, 0.05) is 34.6 Å². The molecule has 0 bridgehead atoms. The van der Waals surface area contributed by atoms with Gasteiger partial charge in [0.2, 0.25) is 0 Å². The fraction of sp³-hybridized carbons (Fsp3) is 0.190. The summed E-state index contributed by atoms with van der Waals surface area (Å²) >= 11 is 0. The number of hydrogen-bond donors (Lipinski definition) is 1. The first kappa shape index (κ1) is 21.6. The molecule has 0 aliphatic carbocycles. The minimum atomic E-state index is -4.71. The van der Waals surface area contributed by atoms with Crippen LogP contribution < -0.4 is 5.56 Å². The van der Waals surface area contributed by atoms with Crippen LogP contribution in [0.3, 0.4) is 0 Å². The van der Waals surface area contributed by atoms with Crippen LogP contribution in [0, 0.1) is 13.8 Å². The Morgan fingerprint density at radius 1 is 0.938 bits per heavy atom. The number of nitrogens with zero attached hydrogens (tertiary/aromatic N) is 3. The minimum absolute atomic E-state index is 0.0196. The third-order valence-electron chi connectivity index (χ3n) is 4.99. The van der Waals surface area contributed by atoms with E-state index in [2.05, 4.69) is 15.1 Å². The molecule has 0 aliphatic heterocycles. The highest BCUT2D eigenvalue weighted by Gasteiger charge is 2.33. The minimum Gasteiger partial charge on any atom is -0.345 e. The number of nitrogens with one attached hydrogen (secondary N) is 1. The summed E-state index contributed by atoms with van der Waals surface area (Å²) in [6, 6.07) is 4.77. The van der Waals surface area contributed by atoms with Crippen LogP contribution in [0.2, 0.25) is 0 Å². The topological polar surface area (TPSA) is 63.1 Å². The molecule has 3 heterocycles. The van der Waals surface area contributed by atoms with Crippen LogP contribution in [0.15, 0.2) is 47.5 Å². The van der Waals surface area contributed by atoms with E-state index in [4.69, 9.17) is 0 Å². The lowest BCUT2D eigenvalue weighted by Crippen LogP contribution is -2.17. The number of aromatic nitrogens is 4. The molecule has 4 rings (SSSR count). The van der Waals surface area contributed by atoms with Gasteiger partial charge < -0.3 is 4.98 Å². The van der Waals surface area contributed by atoms with Crippen molar-refractivity contribution in [1.82, 2.24) is 19.6 Å². The molecular formula is C21H14F6N4O. The molecule has 0 amide bonds. The quantitative estimate of drug-likeness (QED) is 0.414. The molecule has 0 fully saturated rings. The Kier molecular flexibility index (Phi) is 4.87. The molecule has 0 atom stereocenters. The molecule has 3 aromatic heterocycles. The molecule has 32 heavy (non-hydrogen) atoms. The molecule has 1 aromatic carbocycles. The number of halogens is 6.